The van der Waals surface area contributed by atoms with E-state index in [1.807, 2.05) is 0 Å². The number of alkyl halides is 4. The lowest BCUT2D eigenvalue weighted by Crippen LogP contribution is -2.33. The van der Waals surface area contributed by atoms with Gasteiger partial charge < -0.3 is 4.74 Å². The van der Waals surface area contributed by atoms with E-state index in [-0.39, 0.29) is 11.0 Å². The summed E-state index contributed by atoms with van der Waals surface area (Å²) in [5.74, 6) is -4.50. The minimum Gasteiger partial charge on any atom is -0.470 e. The molecule has 0 spiro atoms. The first-order valence-corrected chi connectivity index (χ1v) is 4.07. The van der Waals surface area contributed by atoms with Crippen LogP contribution in [-0.2, 0) is 0 Å². The Hall–Kier alpha value is -1.11. The Labute approximate surface area is 87.0 Å². The molecule has 0 aliphatic rings. The van der Waals surface area contributed by atoms with Gasteiger partial charge in [0.15, 0.2) is 11.8 Å². The predicted molar refractivity (Wildman–Crippen MR) is 43.5 cm³/mol. The number of ether oxygens (including phenoxy) is 1. The molecule has 0 aromatic carbocycles. The second-order valence-corrected chi connectivity index (χ2v) is 2.93. The highest BCUT2D eigenvalue weighted by molar-refractivity contribution is 6.29. The zero-order chi connectivity index (χ0) is 11.5. The molecule has 1 rings (SSSR count). The van der Waals surface area contributed by atoms with Crippen LogP contribution in [0.2, 0.25) is 5.15 Å². The molecule has 0 bridgehead atoms. The van der Waals surface area contributed by atoms with E-state index in [0.29, 0.717) is 0 Å². The van der Waals surface area contributed by atoms with Gasteiger partial charge in [-0.15, -0.1) is 10.2 Å². The van der Waals surface area contributed by atoms with E-state index in [4.69, 9.17) is 11.6 Å². The van der Waals surface area contributed by atoms with E-state index in [1.54, 1.807) is 0 Å². The summed E-state index contributed by atoms with van der Waals surface area (Å²) in [5.41, 5.74) is 0. The first-order valence-electron chi connectivity index (χ1n) is 3.70. The molecule has 1 aromatic heterocycles. The smallest absolute Gasteiger partial charge is 0.340 e. The second kappa shape index (κ2) is 4.61. The molecule has 3 nitrogen and oxygen atoms in total. The molecule has 1 heterocycles. The van der Waals surface area contributed by atoms with Crippen LogP contribution in [0.25, 0.3) is 0 Å². The summed E-state index contributed by atoms with van der Waals surface area (Å²) in [6.45, 7) is -1.46. The molecule has 0 fully saturated rings. The Kier molecular flexibility index (Phi) is 3.67. The molecule has 0 aliphatic heterocycles. The largest absolute Gasteiger partial charge is 0.470 e. The van der Waals surface area contributed by atoms with Crippen LogP contribution in [0.4, 0.5) is 17.6 Å². The van der Waals surface area contributed by atoms with Crippen molar-refractivity contribution in [2.24, 2.45) is 0 Å². The van der Waals surface area contributed by atoms with Gasteiger partial charge in [-0.2, -0.15) is 8.78 Å². The molecule has 1 aromatic rings. The van der Waals surface area contributed by atoms with Crippen LogP contribution < -0.4 is 4.74 Å². The number of hydrogen-bond donors (Lipinski definition) is 0. The number of nitrogens with zero attached hydrogens (tertiary/aromatic N) is 2. The maximum Gasteiger partial charge on any atom is 0.340 e. The first-order chi connectivity index (χ1) is 6.92. The van der Waals surface area contributed by atoms with Crippen molar-refractivity contribution >= 4 is 11.6 Å². The Morgan fingerprint density at radius 2 is 2.00 bits per heavy atom. The molecule has 84 valence electrons. The van der Waals surface area contributed by atoms with Gasteiger partial charge in [-0.1, -0.05) is 11.6 Å². The van der Waals surface area contributed by atoms with Gasteiger partial charge in [0.2, 0.25) is 5.88 Å². The molecule has 0 radical (unpaired) electrons. The van der Waals surface area contributed by atoms with Gasteiger partial charge in [0, 0.05) is 6.07 Å². The third kappa shape index (κ3) is 3.50. The lowest BCUT2D eigenvalue weighted by molar-refractivity contribution is -0.148. The highest BCUT2D eigenvalue weighted by Crippen LogP contribution is 2.23. The average Bonchev–Trinajstić information content (AvgIpc) is 2.17. The molecule has 0 saturated carbocycles. The topological polar surface area (TPSA) is 35.0 Å². The van der Waals surface area contributed by atoms with Gasteiger partial charge in [-0.25, -0.2) is 8.78 Å². The van der Waals surface area contributed by atoms with Crippen molar-refractivity contribution in [3.63, 3.8) is 0 Å². The maximum absolute atomic E-state index is 12.4. The van der Waals surface area contributed by atoms with E-state index in [2.05, 4.69) is 14.9 Å². The van der Waals surface area contributed by atoms with Crippen molar-refractivity contribution in [2.75, 3.05) is 6.61 Å². The zero-order valence-corrected chi connectivity index (χ0v) is 7.89. The Morgan fingerprint density at radius 3 is 2.47 bits per heavy atom. The fraction of sp³-hybridized carbons (Fsp3) is 0.429. The van der Waals surface area contributed by atoms with Crippen LogP contribution in [-0.4, -0.2) is 29.2 Å². The van der Waals surface area contributed by atoms with Crippen molar-refractivity contribution in [3.05, 3.63) is 17.3 Å². The molecule has 8 heteroatoms. The van der Waals surface area contributed by atoms with Crippen LogP contribution in [0.15, 0.2) is 12.1 Å². The van der Waals surface area contributed by atoms with Crippen molar-refractivity contribution < 1.29 is 22.3 Å². The van der Waals surface area contributed by atoms with Gasteiger partial charge >= 0.3 is 12.3 Å². The third-order valence-electron chi connectivity index (χ3n) is 1.34. The molecular formula is C7H5ClF4N2O. The van der Waals surface area contributed by atoms with Crippen LogP contribution in [0.3, 0.4) is 0 Å². The van der Waals surface area contributed by atoms with E-state index < -0.39 is 19.0 Å². The molecular weight excluding hydrogens is 240 g/mol. The van der Waals surface area contributed by atoms with E-state index >= 15 is 0 Å². The van der Waals surface area contributed by atoms with E-state index in [0.717, 1.165) is 6.07 Å². The highest BCUT2D eigenvalue weighted by Gasteiger charge is 2.41. The summed E-state index contributed by atoms with van der Waals surface area (Å²) in [6.07, 6.45) is -3.78. The van der Waals surface area contributed by atoms with Crippen LogP contribution in [0.1, 0.15) is 0 Å². The lowest BCUT2D eigenvalue weighted by atomic mass is 10.4. The average molecular weight is 245 g/mol. The number of halogens is 5. The maximum atomic E-state index is 12.4. The monoisotopic (exact) mass is 244 g/mol. The summed E-state index contributed by atoms with van der Waals surface area (Å²) in [6, 6.07) is 2.39. The normalized spacial score (nSPS) is 11.9. The minimum atomic E-state index is -4.21. The fourth-order valence-electron chi connectivity index (χ4n) is 0.614. The molecule has 0 atom stereocenters. The standard InChI is InChI=1S/C7H5ClF4N2O/c8-4-1-2-5(14-13-4)15-3-7(11,12)6(9)10/h1-2,6H,3H2. The second-order valence-electron chi connectivity index (χ2n) is 2.54. The molecule has 0 saturated heterocycles. The minimum absolute atomic E-state index is 0.0444. The van der Waals surface area contributed by atoms with E-state index in [9.17, 15) is 17.6 Å². The third-order valence-corrected chi connectivity index (χ3v) is 1.54. The van der Waals surface area contributed by atoms with Crippen LogP contribution >= 0.6 is 11.6 Å². The summed E-state index contributed by atoms with van der Waals surface area (Å²) in [4.78, 5) is 0. The SMILES string of the molecule is FC(F)C(F)(F)COc1ccc(Cl)nn1. The molecule has 0 N–H and O–H groups in total. The van der Waals surface area contributed by atoms with Crippen molar-refractivity contribution in [1.29, 1.82) is 0 Å². The van der Waals surface area contributed by atoms with Crippen molar-refractivity contribution in [1.82, 2.24) is 10.2 Å². The highest BCUT2D eigenvalue weighted by atomic mass is 35.5. The fourth-order valence-corrected chi connectivity index (χ4v) is 0.715. The quantitative estimate of drug-likeness (QED) is 0.763. The summed E-state index contributed by atoms with van der Waals surface area (Å²) in [7, 11) is 0. The lowest BCUT2D eigenvalue weighted by Gasteiger charge is -2.14. The predicted octanol–water partition coefficient (Wildman–Crippen LogP) is 2.41. The van der Waals surface area contributed by atoms with Crippen LogP contribution in [0.5, 0.6) is 5.88 Å². The van der Waals surface area contributed by atoms with Crippen LogP contribution in [0, 0.1) is 0 Å². The van der Waals surface area contributed by atoms with E-state index in [1.165, 1.54) is 6.07 Å². The number of aromatic nitrogens is 2. The number of rotatable bonds is 4. The van der Waals surface area contributed by atoms with Gasteiger partial charge in [0.05, 0.1) is 0 Å². The van der Waals surface area contributed by atoms with Gasteiger partial charge in [0.1, 0.15) is 0 Å². The Morgan fingerprint density at radius 1 is 1.33 bits per heavy atom. The first kappa shape index (κ1) is 12.0. The van der Waals surface area contributed by atoms with Crippen molar-refractivity contribution in [2.45, 2.75) is 12.3 Å². The Balaban J connectivity index is 2.54. The molecule has 0 aliphatic carbocycles. The molecule has 0 amide bonds. The summed E-state index contributed by atoms with van der Waals surface area (Å²) < 4.78 is 52.4. The summed E-state index contributed by atoms with van der Waals surface area (Å²) >= 11 is 5.35. The summed E-state index contributed by atoms with van der Waals surface area (Å²) in [5, 5.41) is 6.59. The van der Waals surface area contributed by atoms with Gasteiger partial charge in [0.25, 0.3) is 0 Å². The molecule has 0 unspecified atom stereocenters. The molecule has 15 heavy (non-hydrogen) atoms. The Bertz CT molecular complexity index is 319. The number of hydrogen-bond acceptors (Lipinski definition) is 3. The van der Waals surface area contributed by atoms with Gasteiger partial charge in [-0.05, 0) is 6.07 Å². The van der Waals surface area contributed by atoms with Gasteiger partial charge in [-0.3, -0.25) is 0 Å². The van der Waals surface area contributed by atoms with Crippen molar-refractivity contribution in [3.8, 4) is 5.88 Å². The zero-order valence-electron chi connectivity index (χ0n) is 7.13.